The first-order valence-electron chi connectivity index (χ1n) is 5.68. The van der Waals surface area contributed by atoms with Crippen LogP contribution in [0.4, 0.5) is 4.39 Å². The highest BCUT2D eigenvalue weighted by atomic mass is 79.9. The normalized spacial score (nSPS) is 10.3. The molecule has 0 aliphatic rings. The summed E-state index contributed by atoms with van der Waals surface area (Å²) < 4.78 is 19.5. The predicted molar refractivity (Wildman–Crippen MR) is 80.9 cm³/mol. The third-order valence-electron chi connectivity index (χ3n) is 2.63. The minimum Gasteiger partial charge on any atom is -0.488 e. The lowest BCUT2D eigenvalue weighted by molar-refractivity contribution is 0.302. The number of rotatable bonds is 4. The lowest BCUT2D eigenvalue weighted by Crippen LogP contribution is -2.10. The quantitative estimate of drug-likeness (QED) is 0.491. The molecule has 0 saturated heterocycles. The zero-order valence-electron chi connectivity index (χ0n) is 10.3. The second kappa shape index (κ2) is 6.24. The van der Waals surface area contributed by atoms with E-state index in [1.807, 2.05) is 0 Å². The van der Waals surface area contributed by atoms with E-state index in [2.05, 4.69) is 15.9 Å². The van der Waals surface area contributed by atoms with Crippen LogP contribution in [0.5, 0.6) is 5.75 Å². The van der Waals surface area contributed by atoms with Crippen molar-refractivity contribution in [2.45, 2.75) is 6.61 Å². The number of hydrogen-bond acceptors (Lipinski definition) is 2. The van der Waals surface area contributed by atoms with Crippen LogP contribution < -0.4 is 10.5 Å². The predicted octanol–water partition coefficient (Wildman–Crippen LogP) is 4.10. The molecule has 6 heteroatoms. The summed E-state index contributed by atoms with van der Waals surface area (Å²) in [7, 11) is 0. The lowest BCUT2D eigenvalue weighted by atomic mass is 10.1. The highest BCUT2D eigenvalue weighted by molar-refractivity contribution is 9.10. The van der Waals surface area contributed by atoms with Gasteiger partial charge in [-0.1, -0.05) is 35.9 Å². The zero-order valence-corrected chi connectivity index (χ0v) is 12.6. The van der Waals surface area contributed by atoms with Crippen molar-refractivity contribution in [1.82, 2.24) is 0 Å². The fraction of sp³-hybridized carbons (Fsp3) is 0.0714. The molecule has 0 saturated carbocycles. The van der Waals surface area contributed by atoms with Gasteiger partial charge in [0.15, 0.2) is 0 Å². The maximum atomic E-state index is 13.4. The zero-order chi connectivity index (χ0) is 14.7. The molecule has 0 fully saturated rings. The van der Waals surface area contributed by atoms with Crippen LogP contribution in [0.25, 0.3) is 0 Å². The average molecular weight is 358 g/mol. The summed E-state index contributed by atoms with van der Waals surface area (Å²) in [5, 5.41) is 7.34. The first-order chi connectivity index (χ1) is 9.47. The van der Waals surface area contributed by atoms with Gasteiger partial charge >= 0.3 is 0 Å². The molecule has 3 nitrogen and oxygen atoms in total. The monoisotopic (exact) mass is 356 g/mol. The van der Waals surface area contributed by atoms with E-state index >= 15 is 0 Å². The van der Waals surface area contributed by atoms with E-state index in [4.69, 9.17) is 27.5 Å². The standard InChI is InChI=1S/C14H11BrClFN2O/c15-10-5-11(16)12(17)6-13(10)20-7-8-1-3-9(4-2-8)14(18)19/h1-6H,7H2,(H3,18,19). The van der Waals surface area contributed by atoms with Gasteiger partial charge in [0.2, 0.25) is 0 Å². The molecule has 0 aromatic heterocycles. The summed E-state index contributed by atoms with van der Waals surface area (Å²) in [5.41, 5.74) is 6.90. The van der Waals surface area contributed by atoms with Gasteiger partial charge in [0.1, 0.15) is 24.0 Å². The lowest BCUT2D eigenvalue weighted by Gasteiger charge is -2.09. The number of nitrogen functional groups attached to an aromatic ring is 1. The molecule has 0 aliphatic carbocycles. The maximum Gasteiger partial charge on any atom is 0.145 e. The van der Waals surface area contributed by atoms with Gasteiger partial charge in [-0.05, 0) is 27.6 Å². The Labute approximate surface area is 129 Å². The third kappa shape index (κ3) is 3.49. The molecule has 3 N–H and O–H groups in total. The molecule has 0 atom stereocenters. The first kappa shape index (κ1) is 14.8. The van der Waals surface area contributed by atoms with Crippen LogP contribution in [0.3, 0.4) is 0 Å². The third-order valence-corrected chi connectivity index (χ3v) is 3.54. The minimum absolute atomic E-state index is 0.0139. The molecule has 104 valence electrons. The molecule has 0 amide bonds. The molecule has 0 spiro atoms. The van der Waals surface area contributed by atoms with E-state index in [0.29, 0.717) is 15.8 Å². The average Bonchev–Trinajstić information content (AvgIpc) is 2.42. The van der Waals surface area contributed by atoms with Gasteiger partial charge in [-0.3, -0.25) is 5.41 Å². The van der Waals surface area contributed by atoms with Gasteiger partial charge in [0.25, 0.3) is 0 Å². The van der Waals surface area contributed by atoms with Gasteiger partial charge in [-0.2, -0.15) is 0 Å². The van der Waals surface area contributed by atoms with Crippen LogP contribution in [0.2, 0.25) is 5.02 Å². The van der Waals surface area contributed by atoms with Crippen molar-refractivity contribution in [2.24, 2.45) is 5.73 Å². The second-order valence-electron chi connectivity index (χ2n) is 4.10. The number of nitrogens with two attached hydrogens (primary N) is 1. The molecular weight excluding hydrogens is 347 g/mol. The number of ether oxygens (including phenoxy) is 1. The first-order valence-corrected chi connectivity index (χ1v) is 6.85. The Balaban J connectivity index is 2.09. The van der Waals surface area contributed by atoms with Crippen molar-refractivity contribution < 1.29 is 9.13 Å². The van der Waals surface area contributed by atoms with Crippen molar-refractivity contribution in [3.05, 3.63) is 62.8 Å². The van der Waals surface area contributed by atoms with Crippen molar-refractivity contribution in [3.63, 3.8) is 0 Å². The SMILES string of the molecule is N=C(N)c1ccc(COc2cc(F)c(Cl)cc2Br)cc1. The van der Waals surface area contributed by atoms with Crippen LogP contribution in [0, 0.1) is 11.2 Å². The van der Waals surface area contributed by atoms with Gasteiger partial charge in [-0.15, -0.1) is 0 Å². The Morgan fingerprint density at radius 1 is 1.30 bits per heavy atom. The van der Waals surface area contributed by atoms with Gasteiger partial charge in [0.05, 0.1) is 9.50 Å². The molecule has 0 heterocycles. The Morgan fingerprint density at radius 3 is 2.55 bits per heavy atom. The van der Waals surface area contributed by atoms with Gasteiger partial charge in [-0.25, -0.2) is 4.39 Å². The summed E-state index contributed by atoms with van der Waals surface area (Å²) in [6.07, 6.45) is 0. The number of halogens is 3. The molecule has 0 unspecified atom stereocenters. The fourth-order valence-electron chi connectivity index (χ4n) is 1.56. The second-order valence-corrected chi connectivity index (χ2v) is 5.36. The van der Waals surface area contributed by atoms with Crippen molar-refractivity contribution in [3.8, 4) is 5.75 Å². The Bertz CT molecular complexity index is 646. The van der Waals surface area contributed by atoms with Crippen LogP contribution in [-0.4, -0.2) is 5.84 Å². The van der Waals surface area contributed by atoms with Gasteiger partial charge in [0, 0.05) is 11.6 Å². The van der Waals surface area contributed by atoms with E-state index in [1.54, 1.807) is 24.3 Å². The number of amidine groups is 1. The minimum atomic E-state index is -0.531. The molecule has 0 radical (unpaired) electrons. The highest BCUT2D eigenvalue weighted by Crippen LogP contribution is 2.31. The molecular formula is C14H11BrClFN2O. The number of benzene rings is 2. The number of hydrogen-bond donors (Lipinski definition) is 2. The van der Waals surface area contributed by atoms with Crippen molar-refractivity contribution >= 4 is 33.4 Å². The van der Waals surface area contributed by atoms with Crippen LogP contribution >= 0.6 is 27.5 Å². The topological polar surface area (TPSA) is 59.1 Å². The van der Waals surface area contributed by atoms with E-state index in [1.165, 1.54) is 12.1 Å². The van der Waals surface area contributed by atoms with Crippen LogP contribution in [0.15, 0.2) is 40.9 Å². The molecule has 20 heavy (non-hydrogen) atoms. The Morgan fingerprint density at radius 2 is 1.95 bits per heavy atom. The summed E-state index contributed by atoms with van der Waals surface area (Å²) in [4.78, 5) is 0. The largest absolute Gasteiger partial charge is 0.488 e. The molecule has 2 aromatic rings. The summed E-state index contributed by atoms with van der Waals surface area (Å²) >= 11 is 8.92. The summed E-state index contributed by atoms with van der Waals surface area (Å²) in [6.45, 7) is 0.276. The van der Waals surface area contributed by atoms with E-state index in [9.17, 15) is 4.39 Å². The van der Waals surface area contributed by atoms with E-state index in [-0.39, 0.29) is 17.5 Å². The van der Waals surface area contributed by atoms with Crippen molar-refractivity contribution in [2.75, 3.05) is 0 Å². The van der Waals surface area contributed by atoms with Crippen molar-refractivity contribution in [1.29, 1.82) is 5.41 Å². The van der Waals surface area contributed by atoms with Crippen LogP contribution in [-0.2, 0) is 6.61 Å². The molecule has 2 aromatic carbocycles. The van der Waals surface area contributed by atoms with Crippen LogP contribution in [0.1, 0.15) is 11.1 Å². The maximum absolute atomic E-state index is 13.4. The van der Waals surface area contributed by atoms with E-state index < -0.39 is 5.82 Å². The Hall–Kier alpha value is -1.59. The number of nitrogens with one attached hydrogen (secondary N) is 1. The van der Waals surface area contributed by atoms with Gasteiger partial charge < -0.3 is 10.5 Å². The highest BCUT2D eigenvalue weighted by Gasteiger charge is 2.08. The Kier molecular flexibility index (Phi) is 4.62. The fourth-order valence-corrected chi connectivity index (χ4v) is 2.31. The summed E-state index contributed by atoms with van der Waals surface area (Å²) in [5.74, 6) is -0.140. The molecule has 0 aliphatic heterocycles. The van der Waals surface area contributed by atoms with E-state index in [0.717, 1.165) is 5.56 Å². The smallest absolute Gasteiger partial charge is 0.145 e. The molecule has 0 bridgehead atoms. The summed E-state index contributed by atoms with van der Waals surface area (Å²) in [6, 6.07) is 9.76. The molecule has 2 rings (SSSR count).